The summed E-state index contributed by atoms with van der Waals surface area (Å²) in [6.07, 6.45) is 11.5. The van der Waals surface area contributed by atoms with E-state index in [4.69, 9.17) is 4.98 Å². The zero-order valence-electron chi connectivity index (χ0n) is 39.2. The molecule has 5 aliphatic heterocycles. The van der Waals surface area contributed by atoms with Crippen LogP contribution in [0.5, 0.6) is 0 Å². The van der Waals surface area contributed by atoms with Gasteiger partial charge < -0.3 is 9.80 Å². The molecule has 7 heterocycles. The SMILES string of the molecule is O=C1CCC(N2Cc3c(CN4CCN(C5CCN(CC#Cc6ccc(/C=C/c7ccc(C(=O)N8CCc9cnc(-c%10cnc%11ccccc%11c%10)nc9C8)cc7)cc6)CC5)CC4)cccc3C2=O)C(=O)N1. The second-order valence-corrected chi connectivity index (χ2v) is 19.1. The Morgan fingerprint density at radius 1 is 0.743 bits per heavy atom. The number of hydrogen-bond acceptors (Lipinski definition) is 10. The molecule has 0 aliphatic carbocycles. The largest absolute Gasteiger partial charge is 0.332 e. The van der Waals surface area contributed by atoms with E-state index in [9.17, 15) is 19.2 Å². The predicted octanol–water partition coefficient (Wildman–Crippen LogP) is 6.46. The normalized spacial score (nSPS) is 19.3. The van der Waals surface area contributed by atoms with Crippen LogP contribution in [0.25, 0.3) is 34.4 Å². The van der Waals surface area contributed by atoms with Crippen molar-refractivity contribution in [1.29, 1.82) is 0 Å². The van der Waals surface area contributed by atoms with Crippen molar-refractivity contribution in [1.82, 2.24) is 44.8 Å². The van der Waals surface area contributed by atoms with E-state index in [1.165, 1.54) is 0 Å². The van der Waals surface area contributed by atoms with Crippen LogP contribution in [0.15, 0.2) is 109 Å². The van der Waals surface area contributed by atoms with Gasteiger partial charge in [0.25, 0.3) is 11.8 Å². The fraction of sp³-hybridized carbons (Fsp3) is 0.316. The lowest BCUT2D eigenvalue weighted by Gasteiger charge is -2.42. The van der Waals surface area contributed by atoms with Gasteiger partial charge in [0.2, 0.25) is 11.8 Å². The van der Waals surface area contributed by atoms with Gasteiger partial charge in [-0.25, -0.2) is 9.97 Å². The molecule has 0 spiro atoms. The van der Waals surface area contributed by atoms with E-state index in [1.54, 1.807) is 4.90 Å². The molecule has 0 radical (unpaired) electrons. The maximum atomic E-state index is 13.6. The quantitative estimate of drug-likeness (QED) is 0.0980. The molecule has 4 aromatic carbocycles. The number of para-hydroxylation sites is 1. The fourth-order valence-electron chi connectivity index (χ4n) is 10.6. The molecular weight excluding hydrogens is 875 g/mol. The van der Waals surface area contributed by atoms with E-state index in [2.05, 4.69) is 90.4 Å². The van der Waals surface area contributed by atoms with Crippen molar-refractivity contribution in [2.75, 3.05) is 52.4 Å². The lowest BCUT2D eigenvalue weighted by molar-refractivity contribution is -0.136. The molecule has 1 unspecified atom stereocenters. The molecule has 3 fully saturated rings. The minimum absolute atomic E-state index is 0.00441. The van der Waals surface area contributed by atoms with E-state index in [0.717, 1.165) is 121 Å². The van der Waals surface area contributed by atoms with Crippen molar-refractivity contribution >= 4 is 46.7 Å². The molecule has 0 bridgehead atoms. The summed E-state index contributed by atoms with van der Waals surface area (Å²) in [4.78, 5) is 76.4. The number of nitrogens with one attached hydrogen (secondary N) is 1. The average molecular weight is 930 g/mol. The Kier molecular flexibility index (Phi) is 12.8. The number of carbonyl (C=O) groups is 4. The van der Waals surface area contributed by atoms with E-state index in [-0.39, 0.29) is 30.0 Å². The first-order valence-electron chi connectivity index (χ1n) is 24.6. The molecule has 5 aliphatic rings. The number of carbonyl (C=O) groups excluding carboxylic acids is 4. The number of imide groups is 1. The number of benzene rings is 4. The Morgan fingerprint density at radius 3 is 2.30 bits per heavy atom. The van der Waals surface area contributed by atoms with Crippen LogP contribution < -0.4 is 5.32 Å². The third-order valence-electron chi connectivity index (χ3n) is 14.7. The predicted molar refractivity (Wildman–Crippen MR) is 269 cm³/mol. The number of piperidine rings is 2. The first-order chi connectivity index (χ1) is 34.3. The molecular formula is C57H55N9O4. The van der Waals surface area contributed by atoms with Gasteiger partial charge in [0.05, 0.1) is 24.3 Å². The summed E-state index contributed by atoms with van der Waals surface area (Å²) in [6.45, 7) is 9.11. The molecule has 0 saturated carbocycles. The van der Waals surface area contributed by atoms with Gasteiger partial charge in [0, 0.05) is 111 Å². The van der Waals surface area contributed by atoms with Crippen LogP contribution in [0.2, 0.25) is 0 Å². The summed E-state index contributed by atoms with van der Waals surface area (Å²) in [5.74, 6) is 6.64. The average Bonchev–Trinajstić information content (AvgIpc) is 3.74. The van der Waals surface area contributed by atoms with Crippen LogP contribution in [0.1, 0.15) is 85.5 Å². The summed E-state index contributed by atoms with van der Waals surface area (Å²) < 4.78 is 0. The highest BCUT2D eigenvalue weighted by Crippen LogP contribution is 2.31. The second kappa shape index (κ2) is 19.9. The molecule has 1 atom stereocenters. The lowest BCUT2D eigenvalue weighted by atomic mass is 10.0. The van der Waals surface area contributed by atoms with Crippen LogP contribution in [-0.2, 0) is 35.6 Å². The summed E-state index contributed by atoms with van der Waals surface area (Å²) in [6, 6.07) is 32.1. The molecule has 13 nitrogen and oxygen atoms in total. The van der Waals surface area contributed by atoms with Gasteiger partial charge in [-0.15, -0.1) is 0 Å². The third kappa shape index (κ3) is 9.76. The highest BCUT2D eigenvalue weighted by molar-refractivity contribution is 6.05. The van der Waals surface area contributed by atoms with E-state index in [0.29, 0.717) is 55.5 Å². The minimum Gasteiger partial charge on any atom is -0.332 e. The topological polar surface area (TPSA) is 135 Å². The number of piperazine rings is 1. The Bertz CT molecular complexity index is 3070. The zero-order chi connectivity index (χ0) is 47.6. The fourth-order valence-corrected chi connectivity index (χ4v) is 10.6. The van der Waals surface area contributed by atoms with Crippen LogP contribution in [0.3, 0.4) is 0 Å². The molecule has 2 aromatic heterocycles. The highest BCUT2D eigenvalue weighted by Gasteiger charge is 2.40. The number of hydrogen-bond donors (Lipinski definition) is 1. The van der Waals surface area contributed by atoms with Crippen LogP contribution in [-0.4, -0.2) is 128 Å². The monoisotopic (exact) mass is 929 g/mol. The van der Waals surface area contributed by atoms with Crippen molar-refractivity contribution in [3.8, 4) is 23.2 Å². The van der Waals surface area contributed by atoms with E-state index in [1.807, 2.05) is 78.0 Å². The van der Waals surface area contributed by atoms with Crippen molar-refractivity contribution in [3.05, 3.63) is 160 Å². The molecule has 1 N–H and O–H groups in total. The van der Waals surface area contributed by atoms with Gasteiger partial charge in [-0.05, 0) is 96.0 Å². The van der Waals surface area contributed by atoms with E-state index < -0.39 is 6.04 Å². The first kappa shape index (κ1) is 45.1. The second-order valence-electron chi connectivity index (χ2n) is 19.1. The summed E-state index contributed by atoms with van der Waals surface area (Å²) in [5.41, 5.74) is 10.3. The molecule has 3 saturated heterocycles. The van der Waals surface area contributed by atoms with Gasteiger partial charge >= 0.3 is 0 Å². The number of aromatic nitrogens is 3. The number of likely N-dealkylation sites (tertiary alicyclic amines) is 1. The molecule has 11 rings (SSSR count). The Hall–Kier alpha value is -7.37. The molecule has 352 valence electrons. The number of pyridine rings is 1. The van der Waals surface area contributed by atoms with Crippen LogP contribution in [0.4, 0.5) is 0 Å². The Labute approximate surface area is 408 Å². The number of rotatable bonds is 9. The maximum absolute atomic E-state index is 13.6. The van der Waals surface area contributed by atoms with Gasteiger partial charge in [-0.3, -0.25) is 44.2 Å². The van der Waals surface area contributed by atoms with Crippen molar-refractivity contribution < 1.29 is 19.2 Å². The Morgan fingerprint density at radius 2 is 1.51 bits per heavy atom. The molecule has 13 heteroatoms. The molecule has 70 heavy (non-hydrogen) atoms. The van der Waals surface area contributed by atoms with Crippen molar-refractivity contribution in [2.45, 2.75) is 63.8 Å². The zero-order valence-corrected chi connectivity index (χ0v) is 39.2. The molecule has 4 amide bonds. The molecule has 6 aromatic rings. The van der Waals surface area contributed by atoms with Gasteiger partial charge in [-0.2, -0.15) is 0 Å². The lowest BCUT2D eigenvalue weighted by Crippen LogP contribution is -2.53. The van der Waals surface area contributed by atoms with Gasteiger partial charge in [0.15, 0.2) is 5.82 Å². The number of amides is 4. The van der Waals surface area contributed by atoms with Crippen LogP contribution in [0, 0.1) is 11.8 Å². The Balaban J connectivity index is 0.609. The summed E-state index contributed by atoms with van der Waals surface area (Å²) >= 11 is 0. The minimum atomic E-state index is -0.598. The maximum Gasteiger partial charge on any atom is 0.255 e. The summed E-state index contributed by atoms with van der Waals surface area (Å²) in [5, 5.41) is 3.44. The third-order valence-corrected chi connectivity index (χ3v) is 14.7. The van der Waals surface area contributed by atoms with E-state index >= 15 is 0 Å². The van der Waals surface area contributed by atoms with Gasteiger partial charge in [0.1, 0.15) is 6.04 Å². The highest BCUT2D eigenvalue weighted by atomic mass is 16.2. The van der Waals surface area contributed by atoms with Crippen LogP contribution >= 0.6 is 0 Å². The van der Waals surface area contributed by atoms with Gasteiger partial charge in [-0.1, -0.05) is 78.6 Å². The number of fused-ring (bicyclic) bond motifs is 3. The van der Waals surface area contributed by atoms with Crippen molar-refractivity contribution in [3.63, 3.8) is 0 Å². The smallest absolute Gasteiger partial charge is 0.255 e. The van der Waals surface area contributed by atoms with Crippen molar-refractivity contribution in [2.24, 2.45) is 0 Å². The summed E-state index contributed by atoms with van der Waals surface area (Å²) in [7, 11) is 0. The number of nitrogens with zero attached hydrogens (tertiary/aromatic N) is 8. The first-order valence-corrected chi connectivity index (χ1v) is 24.6. The standard InChI is InChI=1S/C57H55N9O4/c67-53-21-20-52(55(68)61-53)66-37-49-45(7-3-8-48(49)57(66)70)36-63-29-31-64(32-30-63)47-23-26-62(27-24-47)25-4-5-39-10-12-40(13-11-39)14-15-41-16-18-42(19-17-41)56(69)65-28-22-44-34-59-54(60-51(44)38-65)46-33-43-6-1-2-9-50(43)58-35-46/h1-3,6-19,33-35,47,52H,20-32,36-38H2,(H,61,67,68)/b15-14+.